The number of hydrogen-bond acceptors (Lipinski definition) is 8. The van der Waals surface area contributed by atoms with Gasteiger partial charge in [-0.05, 0) is 62.5 Å². The van der Waals surface area contributed by atoms with Gasteiger partial charge in [0.1, 0.15) is 28.7 Å². The van der Waals surface area contributed by atoms with Gasteiger partial charge in [-0.1, -0.05) is 20.3 Å². The van der Waals surface area contributed by atoms with Crippen LogP contribution in [0.2, 0.25) is 0 Å². The molecule has 2 fully saturated rings. The number of nitrogens with zero attached hydrogens (tertiary/aromatic N) is 1. The molecule has 2 saturated carbocycles. The first-order valence-corrected chi connectivity index (χ1v) is 14.1. The predicted octanol–water partition coefficient (Wildman–Crippen LogP) is 3.36. The highest BCUT2D eigenvalue weighted by Crippen LogP contribution is 2.52. The molecule has 4 aliphatic carbocycles. The number of ketones is 2. The number of carbonyl (C=O) groups excluding carboxylic acids is 3. The zero-order valence-corrected chi connectivity index (χ0v) is 22.9. The molecular weight excluding hydrogens is 519 g/mol. The van der Waals surface area contributed by atoms with Crippen molar-refractivity contribution >= 4 is 23.2 Å². The summed E-state index contributed by atoms with van der Waals surface area (Å²) in [4.78, 5) is 40.1. The summed E-state index contributed by atoms with van der Waals surface area (Å²) in [6.07, 6.45) is 4.90. The number of amides is 1. The van der Waals surface area contributed by atoms with Gasteiger partial charge in [0.2, 0.25) is 5.78 Å². The molecular formula is C30H37FN2O7. The lowest BCUT2D eigenvalue weighted by Crippen LogP contribution is -2.58. The Morgan fingerprint density at radius 2 is 1.88 bits per heavy atom. The summed E-state index contributed by atoms with van der Waals surface area (Å²) < 4.78 is 16.1. The van der Waals surface area contributed by atoms with E-state index >= 15 is 4.39 Å². The Labute approximate surface area is 232 Å². The molecule has 0 bridgehead atoms. The smallest absolute Gasteiger partial charge is 0.255 e. The van der Waals surface area contributed by atoms with Crippen molar-refractivity contribution in [2.75, 3.05) is 13.1 Å². The third-order valence-electron chi connectivity index (χ3n) is 9.73. The second kappa shape index (κ2) is 9.99. The van der Waals surface area contributed by atoms with E-state index in [1.165, 1.54) is 12.5 Å². The summed E-state index contributed by atoms with van der Waals surface area (Å²) in [6.45, 7) is 6.13. The molecule has 216 valence electrons. The number of phenols is 1. The molecule has 0 spiro atoms. The van der Waals surface area contributed by atoms with E-state index in [0.29, 0.717) is 5.56 Å². The second-order valence-electron chi connectivity index (χ2n) is 12.0. The standard InChI is InChI=1S/C30H37FN2O7/c1-3-8-33(14-29(4-2)6-5-7-29)13-16-11-19(34)22-18(24(16)31)10-15-9-17-12-20(35)23(28(32)39)27(38)30(17,40)26(37)21(15)25(22)36/h11,15,17,34,36,38,40H,3-10,12-14H2,1-2H3,(H2,32,39)/t15?,17-,30-/m0/s1. The monoisotopic (exact) mass is 556 g/mol. The Bertz CT molecular complexity index is 1360. The number of aliphatic hydroxyl groups is 3. The third-order valence-corrected chi connectivity index (χ3v) is 9.73. The minimum atomic E-state index is -2.64. The normalized spacial score (nSPS) is 27.3. The van der Waals surface area contributed by atoms with Crippen LogP contribution < -0.4 is 5.73 Å². The molecule has 5 rings (SSSR count). The van der Waals surface area contributed by atoms with Gasteiger partial charge in [-0.2, -0.15) is 0 Å². The number of carbonyl (C=O) groups is 3. The van der Waals surface area contributed by atoms with Gasteiger partial charge in [-0.25, -0.2) is 4.39 Å². The predicted molar refractivity (Wildman–Crippen MR) is 143 cm³/mol. The SMILES string of the molecule is CCCN(Cc1cc(O)c2c(c1F)CC1C[C@H]3CC(=O)C(C(N)=O)=C(O)[C@@]3(O)C(=O)C1=C2O)CC1(CC)CCC1. The number of halogens is 1. The Morgan fingerprint density at radius 3 is 2.45 bits per heavy atom. The Hall–Kier alpha value is -3.24. The Balaban J connectivity index is 1.54. The maximum absolute atomic E-state index is 16.1. The number of fused-ring (bicyclic) bond motifs is 3. The highest BCUT2D eigenvalue weighted by atomic mass is 19.1. The third kappa shape index (κ3) is 4.15. The summed E-state index contributed by atoms with van der Waals surface area (Å²) in [5.41, 5.74) is 1.83. The fourth-order valence-electron chi connectivity index (χ4n) is 7.39. The van der Waals surface area contributed by atoms with E-state index in [0.717, 1.165) is 38.8 Å². The van der Waals surface area contributed by atoms with Gasteiger partial charge in [0.05, 0.1) is 5.56 Å². The molecule has 9 nitrogen and oxygen atoms in total. The van der Waals surface area contributed by atoms with Crippen LogP contribution in [0.25, 0.3) is 5.76 Å². The van der Waals surface area contributed by atoms with Gasteiger partial charge in [0, 0.05) is 42.1 Å². The van der Waals surface area contributed by atoms with Crippen LogP contribution in [-0.4, -0.2) is 61.5 Å². The van der Waals surface area contributed by atoms with Crippen molar-refractivity contribution in [1.29, 1.82) is 0 Å². The van der Waals surface area contributed by atoms with Gasteiger partial charge in [-0.15, -0.1) is 0 Å². The molecule has 0 radical (unpaired) electrons. The fraction of sp³-hybridized carbons (Fsp3) is 0.567. The summed E-state index contributed by atoms with van der Waals surface area (Å²) in [5.74, 6) is -7.79. The van der Waals surface area contributed by atoms with Crippen LogP contribution in [0.15, 0.2) is 23.0 Å². The number of phenolic OH excluding ortho intramolecular Hbond substituents is 1. The molecule has 1 aromatic carbocycles. The van der Waals surface area contributed by atoms with Crippen LogP contribution >= 0.6 is 0 Å². The fourth-order valence-corrected chi connectivity index (χ4v) is 7.39. The molecule has 6 N–H and O–H groups in total. The van der Waals surface area contributed by atoms with Crippen molar-refractivity contribution in [3.05, 3.63) is 45.5 Å². The van der Waals surface area contributed by atoms with Crippen molar-refractivity contribution < 1.29 is 39.2 Å². The Morgan fingerprint density at radius 1 is 1.18 bits per heavy atom. The molecule has 1 aromatic rings. The maximum Gasteiger partial charge on any atom is 0.255 e. The molecule has 1 amide bonds. The highest BCUT2D eigenvalue weighted by molar-refractivity contribution is 6.22. The van der Waals surface area contributed by atoms with Crippen LogP contribution in [0.4, 0.5) is 4.39 Å². The lowest BCUT2D eigenvalue weighted by molar-refractivity contribution is -0.147. The number of aliphatic hydroxyl groups excluding tert-OH is 2. The molecule has 1 unspecified atom stereocenters. The van der Waals surface area contributed by atoms with E-state index in [-0.39, 0.29) is 41.5 Å². The molecule has 0 heterocycles. The van der Waals surface area contributed by atoms with Crippen LogP contribution in [-0.2, 0) is 27.3 Å². The quantitative estimate of drug-likeness (QED) is 0.305. The van der Waals surface area contributed by atoms with Gasteiger partial charge in [0.25, 0.3) is 5.91 Å². The second-order valence-corrected chi connectivity index (χ2v) is 12.0. The van der Waals surface area contributed by atoms with E-state index in [9.17, 15) is 34.8 Å². The number of aromatic hydroxyl groups is 1. The van der Waals surface area contributed by atoms with Crippen molar-refractivity contribution in [3.63, 3.8) is 0 Å². The summed E-state index contributed by atoms with van der Waals surface area (Å²) >= 11 is 0. The number of nitrogens with two attached hydrogens (primary N) is 1. The minimum Gasteiger partial charge on any atom is -0.508 e. The zero-order valence-electron chi connectivity index (χ0n) is 22.9. The molecule has 0 aliphatic heterocycles. The van der Waals surface area contributed by atoms with Gasteiger partial charge in [0.15, 0.2) is 11.4 Å². The lowest BCUT2D eigenvalue weighted by atomic mass is 9.59. The largest absolute Gasteiger partial charge is 0.508 e. The number of hydrogen-bond donors (Lipinski definition) is 5. The molecule has 0 aromatic heterocycles. The van der Waals surface area contributed by atoms with E-state index in [1.54, 1.807) is 0 Å². The summed E-state index contributed by atoms with van der Waals surface area (Å²) in [5, 5.41) is 44.1. The number of benzene rings is 1. The molecule has 4 aliphatic rings. The van der Waals surface area contributed by atoms with E-state index in [4.69, 9.17) is 5.73 Å². The van der Waals surface area contributed by atoms with E-state index in [1.807, 2.05) is 0 Å². The average Bonchev–Trinajstić information content (AvgIpc) is 2.86. The first-order chi connectivity index (χ1) is 18.9. The minimum absolute atomic E-state index is 0.0334. The van der Waals surface area contributed by atoms with Crippen molar-refractivity contribution in [3.8, 4) is 5.75 Å². The molecule has 3 atom stereocenters. The topological polar surface area (TPSA) is 161 Å². The van der Waals surface area contributed by atoms with Crippen molar-refractivity contribution in [1.82, 2.24) is 4.90 Å². The van der Waals surface area contributed by atoms with Crippen LogP contribution in [0.1, 0.15) is 75.5 Å². The van der Waals surface area contributed by atoms with Crippen molar-refractivity contribution in [2.24, 2.45) is 23.0 Å². The summed E-state index contributed by atoms with van der Waals surface area (Å²) in [6, 6.07) is 1.28. The van der Waals surface area contributed by atoms with E-state index < -0.39 is 70.0 Å². The highest BCUT2D eigenvalue weighted by Gasteiger charge is 2.60. The molecule has 0 saturated heterocycles. The van der Waals surface area contributed by atoms with E-state index in [2.05, 4.69) is 18.7 Å². The first kappa shape index (κ1) is 28.3. The van der Waals surface area contributed by atoms with Gasteiger partial charge >= 0.3 is 0 Å². The van der Waals surface area contributed by atoms with Crippen LogP contribution in [0, 0.1) is 23.1 Å². The van der Waals surface area contributed by atoms with Gasteiger partial charge in [-0.3, -0.25) is 19.3 Å². The summed E-state index contributed by atoms with van der Waals surface area (Å²) in [7, 11) is 0. The van der Waals surface area contributed by atoms with Crippen LogP contribution in [0.5, 0.6) is 5.75 Å². The molecule has 40 heavy (non-hydrogen) atoms. The van der Waals surface area contributed by atoms with Crippen LogP contribution in [0.3, 0.4) is 0 Å². The maximum atomic E-state index is 16.1. The van der Waals surface area contributed by atoms with Crippen molar-refractivity contribution in [2.45, 2.75) is 77.4 Å². The lowest BCUT2D eigenvalue weighted by Gasteiger charge is -2.46. The zero-order chi connectivity index (χ0) is 29.1. The Kier molecular flexibility index (Phi) is 7.07. The number of Topliss-reactive ketones (excluding diaryl/α,β-unsaturated/α-hetero) is 2. The number of rotatable bonds is 8. The molecule has 10 heteroatoms. The van der Waals surface area contributed by atoms with Gasteiger partial charge < -0.3 is 26.2 Å². The first-order valence-electron chi connectivity index (χ1n) is 14.1. The number of primary amides is 1. The average molecular weight is 557 g/mol.